The lowest BCUT2D eigenvalue weighted by Gasteiger charge is -2.35. The molecule has 1 saturated heterocycles. The Labute approximate surface area is 168 Å². The van der Waals surface area contributed by atoms with Gasteiger partial charge in [0.05, 0.1) is 11.4 Å². The summed E-state index contributed by atoms with van der Waals surface area (Å²) in [6, 6.07) is 13.7. The second-order valence-electron chi connectivity index (χ2n) is 7.83. The first kappa shape index (κ1) is 18.0. The lowest BCUT2D eigenvalue weighted by atomic mass is 10.0. The lowest BCUT2D eigenvalue weighted by Crippen LogP contribution is -2.53. The fourth-order valence-corrected chi connectivity index (χ4v) is 3.83. The molecule has 29 heavy (non-hydrogen) atoms. The minimum atomic E-state index is -1.14. The number of carbonyl (C=O) groups excluding carboxylic acids is 2. The van der Waals surface area contributed by atoms with Gasteiger partial charge in [0.25, 0.3) is 11.8 Å². The lowest BCUT2D eigenvalue weighted by molar-refractivity contribution is -0.143. The van der Waals surface area contributed by atoms with Gasteiger partial charge in [-0.15, -0.1) is 5.53 Å². The van der Waals surface area contributed by atoms with Gasteiger partial charge < -0.3 is 25.8 Å². The number of fused-ring (bicyclic) bond motifs is 1. The molecule has 2 aliphatic heterocycles. The highest BCUT2D eigenvalue weighted by Gasteiger charge is 2.50. The van der Waals surface area contributed by atoms with Crippen LogP contribution in [0.4, 0.5) is 11.4 Å². The minimum absolute atomic E-state index is 0.0298. The Bertz CT molecular complexity index is 963. The van der Waals surface area contributed by atoms with Crippen molar-refractivity contribution < 1.29 is 14.7 Å². The van der Waals surface area contributed by atoms with Gasteiger partial charge in [0.2, 0.25) is 0 Å². The highest BCUT2D eigenvalue weighted by atomic mass is 16.3. The summed E-state index contributed by atoms with van der Waals surface area (Å²) in [4.78, 5) is 28.5. The number of benzene rings is 2. The van der Waals surface area contributed by atoms with Crippen molar-refractivity contribution in [2.75, 3.05) is 37.0 Å². The van der Waals surface area contributed by atoms with Crippen molar-refractivity contribution in [1.82, 2.24) is 15.3 Å². The third-order valence-electron chi connectivity index (χ3n) is 5.85. The van der Waals surface area contributed by atoms with Crippen molar-refractivity contribution in [2.24, 2.45) is 0 Å². The van der Waals surface area contributed by atoms with Gasteiger partial charge in [-0.2, -0.15) is 0 Å². The first-order chi connectivity index (χ1) is 14.0. The summed E-state index contributed by atoms with van der Waals surface area (Å²) >= 11 is 0. The van der Waals surface area contributed by atoms with Crippen molar-refractivity contribution >= 4 is 23.2 Å². The maximum Gasteiger partial charge on any atom is 0.254 e. The van der Waals surface area contributed by atoms with E-state index < -0.39 is 5.60 Å². The maximum atomic E-state index is 12.8. The molecule has 0 aromatic heterocycles. The van der Waals surface area contributed by atoms with Crippen molar-refractivity contribution in [3.05, 3.63) is 48.0 Å². The third kappa shape index (κ3) is 3.30. The van der Waals surface area contributed by atoms with E-state index in [0.29, 0.717) is 44.6 Å². The zero-order chi connectivity index (χ0) is 20.0. The maximum absolute atomic E-state index is 12.8. The normalized spacial score (nSPS) is 19.2. The monoisotopic (exact) mass is 393 g/mol. The number of amides is 2. The molecule has 1 saturated carbocycles. The Morgan fingerprint density at radius 2 is 1.45 bits per heavy atom. The van der Waals surface area contributed by atoms with E-state index in [9.17, 15) is 14.7 Å². The van der Waals surface area contributed by atoms with Crippen LogP contribution in [0.2, 0.25) is 0 Å². The van der Waals surface area contributed by atoms with E-state index in [0.717, 1.165) is 22.5 Å². The standard InChI is InChI=1S/C21H23N5O3/c27-19(25-9-11-26(12-10-25)20(28)21(29)7-8-21)15-3-1-14(2-4-15)16-5-6-17-18(13-16)23-24-22-17/h1-6,13,22-24,29H,7-12H2. The molecule has 0 spiro atoms. The van der Waals surface area contributed by atoms with Gasteiger partial charge in [-0.05, 0) is 48.2 Å². The van der Waals surface area contributed by atoms with Crippen molar-refractivity contribution in [2.45, 2.75) is 18.4 Å². The number of hydrazine groups is 2. The van der Waals surface area contributed by atoms with Crippen LogP contribution in [-0.4, -0.2) is 58.5 Å². The van der Waals surface area contributed by atoms with Crippen LogP contribution in [0.15, 0.2) is 42.5 Å². The van der Waals surface area contributed by atoms with Gasteiger partial charge in [0.15, 0.2) is 0 Å². The number of carbonyl (C=O) groups is 2. The summed E-state index contributed by atoms with van der Waals surface area (Å²) in [6.07, 6.45) is 1.09. The van der Waals surface area contributed by atoms with Crippen LogP contribution in [0.3, 0.4) is 0 Å². The van der Waals surface area contributed by atoms with Crippen molar-refractivity contribution in [3.63, 3.8) is 0 Å². The van der Waals surface area contributed by atoms with E-state index >= 15 is 0 Å². The van der Waals surface area contributed by atoms with Gasteiger partial charge in [-0.1, -0.05) is 18.2 Å². The largest absolute Gasteiger partial charge is 0.380 e. The van der Waals surface area contributed by atoms with Crippen LogP contribution in [0.5, 0.6) is 0 Å². The minimum Gasteiger partial charge on any atom is -0.380 e. The van der Waals surface area contributed by atoms with Crippen LogP contribution >= 0.6 is 0 Å². The molecule has 2 aromatic rings. The average molecular weight is 393 g/mol. The van der Waals surface area contributed by atoms with E-state index in [-0.39, 0.29) is 11.8 Å². The Morgan fingerprint density at radius 3 is 2.14 bits per heavy atom. The molecule has 2 amide bonds. The van der Waals surface area contributed by atoms with Crippen LogP contribution in [-0.2, 0) is 4.79 Å². The number of hydrogen-bond donors (Lipinski definition) is 4. The summed E-state index contributed by atoms with van der Waals surface area (Å²) in [5.74, 6) is -0.221. The van der Waals surface area contributed by atoms with Gasteiger partial charge in [0.1, 0.15) is 5.60 Å². The van der Waals surface area contributed by atoms with Crippen LogP contribution in [0, 0.1) is 0 Å². The number of anilines is 2. The first-order valence-corrected chi connectivity index (χ1v) is 9.86. The molecule has 2 aromatic carbocycles. The van der Waals surface area contributed by atoms with E-state index in [2.05, 4.69) is 16.4 Å². The molecular weight excluding hydrogens is 370 g/mol. The summed E-state index contributed by atoms with van der Waals surface area (Å²) in [7, 11) is 0. The summed E-state index contributed by atoms with van der Waals surface area (Å²) in [5.41, 5.74) is 12.5. The average Bonchev–Trinajstić information content (AvgIpc) is 3.34. The van der Waals surface area contributed by atoms with Crippen molar-refractivity contribution in [3.8, 4) is 11.1 Å². The molecule has 8 heteroatoms. The molecule has 0 bridgehead atoms. The fourth-order valence-electron chi connectivity index (χ4n) is 3.83. The SMILES string of the molecule is O=C(c1ccc(-c2ccc3c(c2)NNN3)cc1)N1CCN(C(=O)C2(O)CC2)CC1. The predicted molar refractivity (Wildman–Crippen MR) is 109 cm³/mol. The third-order valence-corrected chi connectivity index (χ3v) is 5.85. The van der Waals surface area contributed by atoms with E-state index in [1.165, 1.54) is 0 Å². The highest BCUT2D eigenvalue weighted by Crippen LogP contribution is 2.37. The number of nitrogens with zero attached hydrogens (tertiary/aromatic N) is 2. The molecule has 1 aliphatic carbocycles. The zero-order valence-corrected chi connectivity index (χ0v) is 15.9. The molecule has 0 radical (unpaired) electrons. The van der Waals surface area contributed by atoms with Gasteiger partial charge in [0, 0.05) is 31.7 Å². The van der Waals surface area contributed by atoms with Gasteiger partial charge in [-0.25, -0.2) is 0 Å². The molecule has 150 valence electrons. The zero-order valence-electron chi connectivity index (χ0n) is 15.9. The number of piperazine rings is 1. The van der Waals surface area contributed by atoms with Crippen molar-refractivity contribution in [1.29, 1.82) is 0 Å². The quantitative estimate of drug-likeness (QED) is 0.630. The molecular formula is C21H23N5O3. The Morgan fingerprint density at radius 1 is 0.828 bits per heavy atom. The topological polar surface area (TPSA) is 96.9 Å². The van der Waals surface area contributed by atoms with Gasteiger partial charge >= 0.3 is 0 Å². The molecule has 4 N–H and O–H groups in total. The number of rotatable bonds is 3. The molecule has 0 atom stereocenters. The van der Waals surface area contributed by atoms with Crippen LogP contribution < -0.4 is 16.4 Å². The first-order valence-electron chi connectivity index (χ1n) is 9.86. The summed E-state index contributed by atoms with van der Waals surface area (Å²) in [5, 5.41) is 9.99. The van der Waals surface area contributed by atoms with E-state index in [4.69, 9.17) is 0 Å². The molecule has 2 fully saturated rings. The number of nitrogens with one attached hydrogen (secondary N) is 3. The molecule has 3 aliphatic rings. The number of aliphatic hydroxyl groups is 1. The fraction of sp³-hybridized carbons (Fsp3) is 0.333. The molecule has 8 nitrogen and oxygen atoms in total. The predicted octanol–water partition coefficient (Wildman–Crippen LogP) is 1.42. The van der Waals surface area contributed by atoms with Crippen LogP contribution in [0.25, 0.3) is 11.1 Å². The second-order valence-corrected chi connectivity index (χ2v) is 7.83. The van der Waals surface area contributed by atoms with E-state index in [1.807, 2.05) is 42.5 Å². The van der Waals surface area contributed by atoms with E-state index in [1.54, 1.807) is 9.80 Å². The summed E-state index contributed by atoms with van der Waals surface area (Å²) in [6.45, 7) is 1.90. The molecule has 0 unspecified atom stereocenters. The highest BCUT2D eigenvalue weighted by molar-refractivity contribution is 5.95. The molecule has 5 rings (SSSR count). The summed E-state index contributed by atoms with van der Waals surface area (Å²) < 4.78 is 0. The Balaban J connectivity index is 1.23. The Kier molecular flexibility index (Phi) is 4.18. The number of hydrogen-bond acceptors (Lipinski definition) is 6. The molecule has 2 heterocycles. The smallest absolute Gasteiger partial charge is 0.254 e. The van der Waals surface area contributed by atoms with Gasteiger partial charge in [-0.3, -0.25) is 9.59 Å². The Hall–Kier alpha value is -3.10. The second kappa shape index (κ2) is 6.75. The van der Waals surface area contributed by atoms with Crippen LogP contribution in [0.1, 0.15) is 23.2 Å².